The van der Waals surface area contributed by atoms with Gasteiger partial charge in [-0.1, -0.05) is 72.7 Å². The largest absolute Gasteiger partial charge is 0.310 e. The maximum absolute atomic E-state index is 8.77. The van der Waals surface area contributed by atoms with Crippen molar-refractivity contribution in [3.63, 3.8) is 0 Å². The number of benzene rings is 4. The monoisotopic (exact) mass is 454 g/mol. The highest BCUT2D eigenvalue weighted by atomic mass is 15.1. The van der Waals surface area contributed by atoms with Crippen LogP contribution in [0.15, 0.2) is 140 Å². The number of pyridine rings is 2. The van der Waals surface area contributed by atoms with Gasteiger partial charge in [-0.25, -0.2) is 0 Å². The summed E-state index contributed by atoms with van der Waals surface area (Å²) in [5.74, 6) is 0. The average Bonchev–Trinajstić information content (AvgIpc) is 3.01. The molecule has 35 heavy (non-hydrogen) atoms. The van der Waals surface area contributed by atoms with Crippen molar-refractivity contribution in [3.05, 3.63) is 140 Å². The smallest absolute Gasteiger partial charge is 0.0781 e. The lowest BCUT2D eigenvalue weighted by Gasteiger charge is -2.26. The minimum atomic E-state index is -0.436. The number of hydrogen-bond donors (Lipinski definition) is 0. The minimum absolute atomic E-state index is 0.0622. The molecule has 0 fully saturated rings. The highest BCUT2D eigenvalue weighted by Gasteiger charge is 2.15. The summed E-state index contributed by atoms with van der Waals surface area (Å²) in [7, 11) is 0. The van der Waals surface area contributed by atoms with Gasteiger partial charge in [-0.05, 0) is 59.9 Å². The summed E-state index contributed by atoms with van der Waals surface area (Å²) in [5.41, 5.74) is 4.55. The van der Waals surface area contributed by atoms with Crippen LogP contribution in [-0.4, -0.2) is 9.97 Å². The molecule has 0 saturated carbocycles. The molecule has 0 saturated heterocycles. The van der Waals surface area contributed by atoms with Crippen LogP contribution in [0, 0.1) is 0 Å². The zero-order chi connectivity index (χ0) is 27.8. The number of hydrogen-bond acceptors (Lipinski definition) is 3. The Morgan fingerprint density at radius 2 is 1.31 bits per heavy atom. The Kier molecular flexibility index (Phi) is 4.21. The molecule has 3 nitrogen and oxygen atoms in total. The highest BCUT2D eigenvalue weighted by molar-refractivity contribution is 5.95. The van der Waals surface area contributed by atoms with Gasteiger partial charge in [-0.15, -0.1) is 0 Å². The molecule has 2 aromatic heterocycles. The molecule has 6 rings (SSSR count). The van der Waals surface area contributed by atoms with Crippen LogP contribution >= 0.6 is 0 Å². The minimum Gasteiger partial charge on any atom is -0.310 e. The van der Waals surface area contributed by atoms with Crippen LogP contribution < -0.4 is 4.90 Å². The molecule has 0 aliphatic carbocycles. The van der Waals surface area contributed by atoms with Gasteiger partial charge in [0, 0.05) is 46.0 Å². The number of nitrogens with zero attached hydrogens (tertiary/aromatic N) is 3. The van der Waals surface area contributed by atoms with Crippen molar-refractivity contribution in [1.29, 1.82) is 0 Å². The van der Waals surface area contributed by atoms with Gasteiger partial charge in [0.15, 0.2) is 0 Å². The molecule has 0 amide bonds. The second-order valence-electron chi connectivity index (χ2n) is 8.01. The van der Waals surface area contributed by atoms with Crippen molar-refractivity contribution in [2.75, 3.05) is 4.90 Å². The first-order valence-electron chi connectivity index (χ1n) is 13.8. The number of para-hydroxylation sites is 1. The van der Waals surface area contributed by atoms with E-state index in [0.717, 1.165) is 33.3 Å². The summed E-state index contributed by atoms with van der Waals surface area (Å²) >= 11 is 0. The van der Waals surface area contributed by atoms with E-state index in [2.05, 4.69) is 9.97 Å². The summed E-state index contributed by atoms with van der Waals surface area (Å²) in [6.07, 6.45) is 3.49. The molecule has 0 unspecified atom stereocenters. The molecule has 3 heteroatoms. The van der Waals surface area contributed by atoms with Gasteiger partial charge in [0.25, 0.3) is 0 Å². The van der Waals surface area contributed by atoms with E-state index in [1.165, 1.54) is 0 Å². The van der Waals surface area contributed by atoms with Crippen molar-refractivity contribution in [2.45, 2.75) is 0 Å². The lowest BCUT2D eigenvalue weighted by atomic mass is 10.0. The Balaban J connectivity index is 1.60. The fourth-order valence-corrected chi connectivity index (χ4v) is 4.24. The zero-order valence-corrected chi connectivity index (χ0v) is 18.7. The third-order valence-corrected chi connectivity index (χ3v) is 5.83. The summed E-state index contributed by atoms with van der Waals surface area (Å²) in [6, 6.07) is 29.0. The van der Waals surface area contributed by atoms with E-state index in [-0.39, 0.29) is 17.8 Å². The van der Waals surface area contributed by atoms with Gasteiger partial charge in [0.2, 0.25) is 0 Å². The van der Waals surface area contributed by atoms with Gasteiger partial charge in [0.05, 0.1) is 18.2 Å². The molecular formula is C32H23N3. The van der Waals surface area contributed by atoms with Crippen molar-refractivity contribution >= 4 is 27.8 Å². The van der Waals surface area contributed by atoms with Gasteiger partial charge >= 0.3 is 0 Å². The molecule has 0 aliphatic heterocycles. The van der Waals surface area contributed by atoms with Crippen LogP contribution in [0.4, 0.5) is 17.1 Å². The maximum atomic E-state index is 8.77. The molecule has 0 bridgehead atoms. The van der Waals surface area contributed by atoms with E-state index < -0.39 is 18.1 Å². The molecule has 0 N–H and O–H groups in total. The molecule has 2 heterocycles. The lowest BCUT2D eigenvalue weighted by molar-refractivity contribution is 1.27. The lowest BCUT2D eigenvalue weighted by Crippen LogP contribution is -2.10. The zero-order valence-electron chi connectivity index (χ0n) is 23.7. The van der Waals surface area contributed by atoms with E-state index >= 15 is 0 Å². The fraction of sp³-hybridized carbons (Fsp3) is 0. The third kappa shape index (κ3) is 4.16. The first-order valence-corrected chi connectivity index (χ1v) is 11.3. The molecule has 166 valence electrons. The molecular weight excluding hydrogens is 426 g/mol. The van der Waals surface area contributed by atoms with E-state index in [1.807, 2.05) is 97.1 Å². The standard InChI is InChI=1S/C32H23N3/c1-2-13-27(14-3-1)35(28-15-8-11-25(22-28)31-18-6-7-20-33-31)29-16-9-12-26(23-29)32-30-17-5-4-10-24(30)19-21-34-32/h1-23H/i1D,2D,3D,13D,14D. The predicted octanol–water partition coefficient (Wildman–Crippen LogP) is 8.43. The normalized spacial score (nSPS) is 12.9. The summed E-state index contributed by atoms with van der Waals surface area (Å²) < 4.78 is 42.3. The van der Waals surface area contributed by atoms with Crippen molar-refractivity contribution in [3.8, 4) is 22.5 Å². The van der Waals surface area contributed by atoms with Crippen LogP contribution in [0.25, 0.3) is 33.3 Å². The first-order chi connectivity index (χ1) is 19.4. The summed E-state index contributed by atoms with van der Waals surface area (Å²) in [4.78, 5) is 10.8. The molecule has 0 atom stereocenters. The topological polar surface area (TPSA) is 29.0 Å². The highest BCUT2D eigenvalue weighted by Crippen LogP contribution is 2.38. The van der Waals surface area contributed by atoms with Crippen LogP contribution in [0.2, 0.25) is 0 Å². The first kappa shape index (κ1) is 16.0. The molecule has 6 aromatic rings. The summed E-state index contributed by atoms with van der Waals surface area (Å²) in [6.45, 7) is 0. The average molecular weight is 455 g/mol. The van der Waals surface area contributed by atoms with E-state index in [1.54, 1.807) is 17.3 Å². The van der Waals surface area contributed by atoms with Crippen LogP contribution in [0.1, 0.15) is 6.85 Å². The Hall–Kier alpha value is -4.76. The SMILES string of the molecule is [2H]c1c([2H])c([2H])c(N(c2cccc(-c3ccccn3)c2)c2cccc(-c3nccc4ccccc34)c2)c([2H])c1[2H]. The van der Waals surface area contributed by atoms with Crippen molar-refractivity contribution < 1.29 is 6.85 Å². The fourth-order valence-electron chi connectivity index (χ4n) is 4.24. The Morgan fingerprint density at radius 3 is 2.11 bits per heavy atom. The van der Waals surface area contributed by atoms with Gasteiger partial charge in [-0.3, -0.25) is 9.97 Å². The Morgan fingerprint density at radius 1 is 0.571 bits per heavy atom. The molecule has 0 aliphatic rings. The van der Waals surface area contributed by atoms with Crippen molar-refractivity contribution in [2.24, 2.45) is 0 Å². The van der Waals surface area contributed by atoms with Gasteiger partial charge < -0.3 is 4.90 Å². The van der Waals surface area contributed by atoms with Gasteiger partial charge in [0.1, 0.15) is 0 Å². The van der Waals surface area contributed by atoms with Crippen LogP contribution in [-0.2, 0) is 0 Å². The quantitative estimate of drug-likeness (QED) is 0.262. The molecule has 0 spiro atoms. The molecule has 0 radical (unpaired) electrons. The third-order valence-electron chi connectivity index (χ3n) is 5.83. The Labute approximate surface area is 212 Å². The molecule has 4 aromatic carbocycles. The van der Waals surface area contributed by atoms with E-state index in [4.69, 9.17) is 6.85 Å². The number of anilines is 3. The second-order valence-corrected chi connectivity index (χ2v) is 8.01. The Bertz CT molecular complexity index is 1840. The predicted molar refractivity (Wildman–Crippen MR) is 145 cm³/mol. The summed E-state index contributed by atoms with van der Waals surface area (Å²) in [5, 5.41) is 2.05. The van der Waals surface area contributed by atoms with Crippen LogP contribution in [0.5, 0.6) is 0 Å². The van der Waals surface area contributed by atoms with E-state index in [9.17, 15) is 0 Å². The number of fused-ring (bicyclic) bond motifs is 1. The van der Waals surface area contributed by atoms with Crippen LogP contribution in [0.3, 0.4) is 0 Å². The number of aromatic nitrogens is 2. The van der Waals surface area contributed by atoms with Gasteiger partial charge in [-0.2, -0.15) is 0 Å². The van der Waals surface area contributed by atoms with E-state index in [0.29, 0.717) is 11.4 Å². The van der Waals surface area contributed by atoms with Crippen molar-refractivity contribution in [1.82, 2.24) is 9.97 Å². The number of rotatable bonds is 5. The second kappa shape index (κ2) is 9.24. The maximum Gasteiger partial charge on any atom is 0.0781 e.